The first-order chi connectivity index (χ1) is 3.72. The number of hydrogen-bond acceptors (Lipinski definition) is 1. The molecule has 0 rings (SSSR count). The molecule has 0 aliphatic rings. The van der Waals surface area contributed by atoms with Crippen molar-refractivity contribution >= 4 is 0 Å². The van der Waals surface area contributed by atoms with Gasteiger partial charge in [0.15, 0.2) is 0 Å². The molecule has 0 saturated carbocycles. The number of nitrogens with zero attached hydrogens (tertiary/aromatic N) is 1. The molecular weight excluding hydrogens is 98.1 g/mol. The van der Waals surface area contributed by atoms with Crippen LogP contribution in [0.2, 0.25) is 0 Å². The highest BCUT2D eigenvalue weighted by Gasteiger charge is 1.97. The Morgan fingerprint density at radius 1 is 1.38 bits per heavy atom. The highest BCUT2D eigenvalue weighted by atomic mass is 15.1. The average molecular weight is 114 g/mol. The Kier molecular flexibility index (Phi) is 3.88. The number of hydrogen-bond donors (Lipinski definition) is 0. The Hall–Kier alpha value is -0.0400. The zero-order valence-electron chi connectivity index (χ0n) is 6.15. The van der Waals surface area contributed by atoms with E-state index in [2.05, 4.69) is 20.9 Å². The van der Waals surface area contributed by atoms with Crippen LogP contribution in [0.15, 0.2) is 0 Å². The van der Waals surface area contributed by atoms with Crippen molar-refractivity contribution in [2.24, 2.45) is 0 Å². The van der Waals surface area contributed by atoms with Crippen LogP contribution in [0.1, 0.15) is 26.7 Å². The van der Waals surface area contributed by atoms with Crippen LogP contribution in [0.3, 0.4) is 0 Å². The van der Waals surface area contributed by atoms with Crippen LogP contribution < -0.4 is 0 Å². The van der Waals surface area contributed by atoms with Gasteiger partial charge in [-0.05, 0) is 25.9 Å². The second kappa shape index (κ2) is 3.90. The summed E-state index contributed by atoms with van der Waals surface area (Å²) >= 11 is 0. The molecule has 0 aromatic carbocycles. The molecule has 0 aliphatic carbocycles. The van der Waals surface area contributed by atoms with Gasteiger partial charge in [-0.1, -0.05) is 13.8 Å². The quantitative estimate of drug-likeness (QED) is 0.506. The summed E-state index contributed by atoms with van der Waals surface area (Å²) in [7, 11) is 5.84. The monoisotopic (exact) mass is 114 g/mol. The molecule has 0 heterocycles. The summed E-state index contributed by atoms with van der Waals surface area (Å²) in [4.78, 5) is 2.03. The lowest BCUT2D eigenvalue weighted by Gasteiger charge is -2.28. The minimum Gasteiger partial charge on any atom is -0.459 e. The van der Waals surface area contributed by atoms with Crippen molar-refractivity contribution in [3.63, 3.8) is 0 Å². The summed E-state index contributed by atoms with van der Waals surface area (Å²) in [6, 6.07) is 0.676. The molecule has 0 unspecified atom stereocenters. The predicted molar refractivity (Wildman–Crippen MR) is 37.5 cm³/mol. The molecule has 0 spiro atoms. The van der Waals surface area contributed by atoms with Gasteiger partial charge in [0.2, 0.25) is 0 Å². The number of rotatable bonds is 3. The van der Waals surface area contributed by atoms with Gasteiger partial charge in [-0.25, -0.2) is 0 Å². The summed E-state index contributed by atoms with van der Waals surface area (Å²) in [5.41, 5.74) is 0. The minimum atomic E-state index is 0.676. The maximum atomic E-state index is 3.81. The lowest BCUT2D eigenvalue weighted by atomic mass is 10.1. The third kappa shape index (κ3) is 2.31. The maximum absolute atomic E-state index is 3.81. The van der Waals surface area contributed by atoms with E-state index >= 15 is 0 Å². The molecule has 0 saturated heterocycles. The molecule has 50 valence electrons. The average Bonchev–Trinajstić information content (AvgIpc) is 1.69. The van der Waals surface area contributed by atoms with Crippen LogP contribution in [0, 0.1) is 7.05 Å². The predicted octanol–water partition coefficient (Wildman–Crippen LogP) is 1.90. The van der Waals surface area contributed by atoms with Crippen molar-refractivity contribution in [1.82, 2.24) is 4.90 Å². The van der Waals surface area contributed by atoms with E-state index in [1.54, 1.807) is 0 Å². The van der Waals surface area contributed by atoms with Gasteiger partial charge in [-0.2, -0.15) is 0 Å². The molecule has 0 fully saturated rings. The smallest absolute Gasteiger partial charge is 0.0192 e. The molecule has 0 radical (unpaired) electrons. The van der Waals surface area contributed by atoms with E-state index in [9.17, 15) is 0 Å². The Balaban J connectivity index is 3.35. The SMILES string of the molecule is [CH2-]N(C)C(CC)CC. The third-order valence-electron chi connectivity index (χ3n) is 1.57. The molecule has 1 nitrogen and oxygen atoms in total. The highest BCUT2D eigenvalue weighted by Crippen LogP contribution is 2.02. The first-order valence-electron chi connectivity index (χ1n) is 3.25. The first kappa shape index (κ1) is 7.96. The van der Waals surface area contributed by atoms with Gasteiger partial charge in [0.05, 0.1) is 0 Å². The fourth-order valence-corrected chi connectivity index (χ4v) is 0.912. The van der Waals surface area contributed by atoms with Crippen LogP contribution >= 0.6 is 0 Å². The summed E-state index contributed by atoms with van der Waals surface area (Å²) in [6.45, 7) is 4.38. The normalized spacial score (nSPS) is 11.2. The molecule has 8 heavy (non-hydrogen) atoms. The van der Waals surface area contributed by atoms with Gasteiger partial charge in [0.1, 0.15) is 0 Å². The molecule has 0 aliphatic heterocycles. The fraction of sp³-hybridized carbons (Fsp3) is 0.857. The fourth-order valence-electron chi connectivity index (χ4n) is 0.912. The Morgan fingerprint density at radius 3 is 1.75 bits per heavy atom. The van der Waals surface area contributed by atoms with Crippen molar-refractivity contribution in [2.75, 3.05) is 7.05 Å². The Morgan fingerprint density at radius 2 is 1.75 bits per heavy atom. The van der Waals surface area contributed by atoms with Crippen molar-refractivity contribution < 1.29 is 0 Å². The highest BCUT2D eigenvalue weighted by molar-refractivity contribution is 4.62. The standard InChI is InChI=1S/C7H16N/c1-5-7(6-2)8(3)4/h7H,3,5-6H2,1-2,4H3/q-1. The zero-order valence-corrected chi connectivity index (χ0v) is 6.15. The summed E-state index contributed by atoms with van der Waals surface area (Å²) in [5.74, 6) is 0. The zero-order chi connectivity index (χ0) is 6.57. The molecule has 0 atom stereocenters. The van der Waals surface area contributed by atoms with Gasteiger partial charge < -0.3 is 4.90 Å². The van der Waals surface area contributed by atoms with Crippen LogP contribution in [-0.4, -0.2) is 18.0 Å². The molecule has 0 bridgehead atoms. The lowest BCUT2D eigenvalue weighted by molar-refractivity contribution is 0.307. The summed E-state index contributed by atoms with van der Waals surface area (Å²) in [6.07, 6.45) is 2.41. The van der Waals surface area contributed by atoms with E-state index in [0.29, 0.717) is 6.04 Å². The summed E-state index contributed by atoms with van der Waals surface area (Å²) in [5, 5.41) is 0. The van der Waals surface area contributed by atoms with Crippen molar-refractivity contribution in [3.8, 4) is 0 Å². The van der Waals surface area contributed by atoms with Crippen molar-refractivity contribution in [2.45, 2.75) is 32.7 Å². The van der Waals surface area contributed by atoms with Gasteiger partial charge >= 0.3 is 0 Å². The van der Waals surface area contributed by atoms with Crippen LogP contribution in [0.25, 0.3) is 0 Å². The molecule has 0 aromatic heterocycles. The van der Waals surface area contributed by atoms with Gasteiger partial charge in [0.25, 0.3) is 0 Å². The van der Waals surface area contributed by atoms with Gasteiger partial charge in [0, 0.05) is 0 Å². The van der Waals surface area contributed by atoms with Crippen LogP contribution in [0.4, 0.5) is 0 Å². The van der Waals surface area contributed by atoms with E-state index in [4.69, 9.17) is 0 Å². The molecular formula is C7H16N-. The van der Waals surface area contributed by atoms with Crippen molar-refractivity contribution in [3.05, 3.63) is 7.05 Å². The third-order valence-corrected chi connectivity index (χ3v) is 1.57. The molecule has 1 heteroatoms. The second-order valence-corrected chi connectivity index (χ2v) is 2.23. The first-order valence-corrected chi connectivity index (χ1v) is 3.25. The lowest BCUT2D eigenvalue weighted by Crippen LogP contribution is -2.23. The van der Waals surface area contributed by atoms with Gasteiger partial charge in [-0.3, -0.25) is 7.05 Å². The largest absolute Gasteiger partial charge is 0.459 e. The van der Waals surface area contributed by atoms with E-state index < -0.39 is 0 Å². The Labute approximate surface area is 52.7 Å². The van der Waals surface area contributed by atoms with Gasteiger partial charge in [-0.15, -0.1) is 0 Å². The topological polar surface area (TPSA) is 3.24 Å². The Bertz CT molecular complexity index is 46.3. The molecule has 0 aromatic rings. The molecule has 0 amide bonds. The summed E-state index contributed by atoms with van der Waals surface area (Å²) < 4.78 is 0. The van der Waals surface area contributed by atoms with Crippen molar-refractivity contribution in [1.29, 1.82) is 0 Å². The second-order valence-electron chi connectivity index (χ2n) is 2.23. The molecule has 0 N–H and O–H groups in total. The minimum absolute atomic E-state index is 0.676. The van der Waals surface area contributed by atoms with Crippen LogP contribution in [-0.2, 0) is 0 Å². The van der Waals surface area contributed by atoms with E-state index in [0.717, 1.165) is 0 Å². The van der Waals surface area contributed by atoms with E-state index in [1.807, 2.05) is 11.9 Å². The van der Waals surface area contributed by atoms with Crippen LogP contribution in [0.5, 0.6) is 0 Å². The maximum Gasteiger partial charge on any atom is -0.0192 e. The van der Waals surface area contributed by atoms with E-state index in [1.165, 1.54) is 12.8 Å². The van der Waals surface area contributed by atoms with E-state index in [-0.39, 0.29) is 0 Å².